The molecule has 0 unspecified atom stereocenters. The first-order valence-electron chi connectivity index (χ1n) is 5.82. The number of aliphatic hydroxyl groups excluding tert-OH is 1. The SMILES string of the molecule is COc1ccc(Cn2nnc(C(C)=O)c2CO)cc1. The Balaban J connectivity index is 2.25. The average molecular weight is 261 g/mol. The third kappa shape index (κ3) is 2.79. The lowest BCUT2D eigenvalue weighted by atomic mass is 10.2. The van der Waals surface area contributed by atoms with E-state index in [1.165, 1.54) is 11.6 Å². The van der Waals surface area contributed by atoms with Gasteiger partial charge in [-0.3, -0.25) is 4.79 Å². The summed E-state index contributed by atoms with van der Waals surface area (Å²) < 4.78 is 6.61. The number of benzene rings is 1. The lowest BCUT2D eigenvalue weighted by Gasteiger charge is -2.06. The monoisotopic (exact) mass is 261 g/mol. The van der Waals surface area contributed by atoms with E-state index in [4.69, 9.17) is 4.74 Å². The Hall–Kier alpha value is -2.21. The van der Waals surface area contributed by atoms with Crippen molar-refractivity contribution in [2.45, 2.75) is 20.1 Å². The molecule has 1 aromatic heterocycles. The first-order chi connectivity index (χ1) is 9.15. The van der Waals surface area contributed by atoms with Crippen molar-refractivity contribution in [2.24, 2.45) is 0 Å². The number of aromatic nitrogens is 3. The number of ketones is 1. The molecule has 6 heteroatoms. The summed E-state index contributed by atoms with van der Waals surface area (Å²) in [5.74, 6) is 0.569. The highest BCUT2D eigenvalue weighted by Crippen LogP contribution is 2.14. The molecular weight excluding hydrogens is 246 g/mol. The molecule has 0 bridgehead atoms. The normalized spacial score (nSPS) is 10.5. The number of nitrogens with zero attached hydrogens (tertiary/aromatic N) is 3. The molecule has 1 aromatic carbocycles. The van der Waals surface area contributed by atoms with E-state index in [0.717, 1.165) is 11.3 Å². The van der Waals surface area contributed by atoms with Gasteiger partial charge in [-0.05, 0) is 17.7 Å². The van der Waals surface area contributed by atoms with Gasteiger partial charge in [0, 0.05) is 6.92 Å². The Morgan fingerprint density at radius 3 is 2.58 bits per heavy atom. The molecule has 0 amide bonds. The number of carbonyl (C=O) groups is 1. The molecular formula is C13H15N3O3. The second-order valence-electron chi connectivity index (χ2n) is 4.10. The van der Waals surface area contributed by atoms with E-state index in [9.17, 15) is 9.90 Å². The van der Waals surface area contributed by atoms with Gasteiger partial charge in [0.2, 0.25) is 0 Å². The molecule has 0 saturated carbocycles. The predicted octanol–water partition coefficient (Wildman–Crippen LogP) is 1.03. The van der Waals surface area contributed by atoms with Crippen LogP contribution in [0.4, 0.5) is 0 Å². The lowest BCUT2D eigenvalue weighted by molar-refractivity contribution is 0.100. The highest BCUT2D eigenvalue weighted by Gasteiger charge is 2.15. The summed E-state index contributed by atoms with van der Waals surface area (Å²) in [7, 11) is 1.61. The van der Waals surface area contributed by atoms with Crippen molar-refractivity contribution in [1.82, 2.24) is 15.0 Å². The summed E-state index contributed by atoms with van der Waals surface area (Å²) in [6.45, 7) is 1.58. The van der Waals surface area contributed by atoms with Gasteiger partial charge in [-0.2, -0.15) is 0 Å². The number of hydrogen-bond donors (Lipinski definition) is 1. The summed E-state index contributed by atoms with van der Waals surface area (Å²) >= 11 is 0. The standard InChI is InChI=1S/C13H15N3O3/c1-9(18)13-12(8-17)16(15-14-13)7-10-3-5-11(19-2)6-4-10/h3-6,17H,7-8H2,1-2H3. The minimum Gasteiger partial charge on any atom is -0.497 e. The lowest BCUT2D eigenvalue weighted by Crippen LogP contribution is -2.08. The van der Waals surface area contributed by atoms with E-state index in [0.29, 0.717) is 12.2 Å². The maximum atomic E-state index is 11.3. The maximum Gasteiger partial charge on any atom is 0.182 e. The molecule has 2 aromatic rings. The van der Waals surface area contributed by atoms with Crippen LogP contribution in [-0.4, -0.2) is 33.0 Å². The smallest absolute Gasteiger partial charge is 0.182 e. The molecule has 100 valence electrons. The summed E-state index contributed by atoms with van der Waals surface area (Å²) in [5, 5.41) is 17.0. The summed E-state index contributed by atoms with van der Waals surface area (Å²) in [6.07, 6.45) is 0. The van der Waals surface area contributed by atoms with Crippen molar-refractivity contribution in [1.29, 1.82) is 0 Å². The average Bonchev–Trinajstić information content (AvgIpc) is 2.82. The van der Waals surface area contributed by atoms with Gasteiger partial charge in [-0.1, -0.05) is 17.3 Å². The predicted molar refractivity (Wildman–Crippen MR) is 68.0 cm³/mol. The van der Waals surface area contributed by atoms with E-state index in [2.05, 4.69) is 10.3 Å². The topological polar surface area (TPSA) is 77.2 Å². The molecule has 0 aliphatic carbocycles. The molecule has 0 atom stereocenters. The molecule has 0 fully saturated rings. The molecule has 0 radical (unpaired) electrons. The first-order valence-corrected chi connectivity index (χ1v) is 5.82. The molecule has 6 nitrogen and oxygen atoms in total. The van der Waals surface area contributed by atoms with Gasteiger partial charge in [0.25, 0.3) is 0 Å². The zero-order valence-electron chi connectivity index (χ0n) is 10.8. The van der Waals surface area contributed by atoms with Gasteiger partial charge in [-0.15, -0.1) is 5.10 Å². The van der Waals surface area contributed by atoms with E-state index < -0.39 is 0 Å². The Kier molecular flexibility index (Phi) is 3.91. The molecule has 1 heterocycles. The summed E-state index contributed by atoms with van der Waals surface area (Å²) in [5.41, 5.74) is 1.63. The minimum atomic E-state index is -0.266. The number of methoxy groups -OCH3 is 1. The fourth-order valence-electron chi connectivity index (χ4n) is 1.79. The summed E-state index contributed by atoms with van der Waals surface area (Å²) in [6, 6.07) is 7.48. The number of carbonyl (C=O) groups excluding carboxylic acids is 1. The van der Waals surface area contributed by atoms with Crippen molar-refractivity contribution in [3.63, 3.8) is 0 Å². The van der Waals surface area contributed by atoms with Crippen LogP contribution in [0.3, 0.4) is 0 Å². The molecule has 0 aliphatic rings. The number of Topliss-reactive ketones (excluding diaryl/α,β-unsaturated/α-hetero) is 1. The van der Waals surface area contributed by atoms with Gasteiger partial charge in [0.15, 0.2) is 11.5 Å². The Morgan fingerprint density at radius 1 is 1.37 bits per heavy atom. The fourth-order valence-corrected chi connectivity index (χ4v) is 1.79. The third-order valence-corrected chi connectivity index (χ3v) is 2.81. The van der Waals surface area contributed by atoms with Crippen molar-refractivity contribution < 1.29 is 14.6 Å². The molecule has 19 heavy (non-hydrogen) atoms. The molecule has 0 aliphatic heterocycles. The zero-order chi connectivity index (χ0) is 13.8. The van der Waals surface area contributed by atoms with Crippen molar-refractivity contribution >= 4 is 5.78 Å². The van der Waals surface area contributed by atoms with Crippen LogP contribution in [0, 0.1) is 0 Å². The minimum absolute atomic E-state index is 0.204. The van der Waals surface area contributed by atoms with Crippen LogP contribution in [0.2, 0.25) is 0 Å². The van der Waals surface area contributed by atoms with Crippen LogP contribution in [0.25, 0.3) is 0 Å². The van der Waals surface area contributed by atoms with E-state index in [-0.39, 0.29) is 18.1 Å². The van der Waals surface area contributed by atoms with Crippen molar-refractivity contribution in [3.05, 3.63) is 41.2 Å². The largest absolute Gasteiger partial charge is 0.497 e. The number of ether oxygens (including phenoxy) is 1. The van der Waals surface area contributed by atoms with Gasteiger partial charge < -0.3 is 9.84 Å². The number of aliphatic hydroxyl groups is 1. The number of rotatable bonds is 5. The zero-order valence-corrected chi connectivity index (χ0v) is 10.8. The first kappa shape index (κ1) is 13.2. The maximum absolute atomic E-state index is 11.3. The van der Waals surface area contributed by atoms with E-state index >= 15 is 0 Å². The van der Waals surface area contributed by atoms with Crippen LogP contribution in [-0.2, 0) is 13.2 Å². The van der Waals surface area contributed by atoms with E-state index in [1.807, 2.05) is 24.3 Å². The quantitative estimate of drug-likeness (QED) is 0.813. The van der Waals surface area contributed by atoms with Crippen LogP contribution >= 0.6 is 0 Å². The van der Waals surface area contributed by atoms with Gasteiger partial charge in [0.1, 0.15) is 5.75 Å². The van der Waals surface area contributed by atoms with Gasteiger partial charge >= 0.3 is 0 Å². The van der Waals surface area contributed by atoms with Gasteiger partial charge in [0.05, 0.1) is 26.0 Å². The second-order valence-corrected chi connectivity index (χ2v) is 4.10. The van der Waals surface area contributed by atoms with Crippen molar-refractivity contribution in [3.8, 4) is 5.75 Å². The fraction of sp³-hybridized carbons (Fsp3) is 0.308. The Morgan fingerprint density at radius 2 is 2.05 bits per heavy atom. The van der Waals surface area contributed by atoms with Crippen LogP contribution in [0.5, 0.6) is 5.75 Å². The van der Waals surface area contributed by atoms with Gasteiger partial charge in [-0.25, -0.2) is 4.68 Å². The molecule has 1 N–H and O–H groups in total. The highest BCUT2D eigenvalue weighted by molar-refractivity contribution is 5.93. The molecule has 0 spiro atoms. The Bertz CT molecular complexity index is 575. The second kappa shape index (κ2) is 5.62. The van der Waals surface area contributed by atoms with Crippen LogP contribution < -0.4 is 4.74 Å². The molecule has 0 saturated heterocycles. The van der Waals surface area contributed by atoms with Crippen molar-refractivity contribution in [2.75, 3.05) is 7.11 Å². The van der Waals surface area contributed by atoms with Crippen LogP contribution in [0.15, 0.2) is 24.3 Å². The van der Waals surface area contributed by atoms with Crippen LogP contribution in [0.1, 0.15) is 28.7 Å². The molecule has 2 rings (SSSR count). The highest BCUT2D eigenvalue weighted by atomic mass is 16.5. The number of hydrogen-bond acceptors (Lipinski definition) is 5. The van der Waals surface area contributed by atoms with E-state index in [1.54, 1.807) is 7.11 Å². The Labute approximate surface area is 110 Å². The summed E-state index contributed by atoms with van der Waals surface area (Å²) in [4.78, 5) is 11.3. The third-order valence-electron chi connectivity index (χ3n) is 2.81.